The molecule has 0 bridgehead atoms. The van der Waals surface area contributed by atoms with Crippen LogP contribution in [0.3, 0.4) is 0 Å². The van der Waals surface area contributed by atoms with Crippen molar-refractivity contribution >= 4 is 17.2 Å². The minimum Gasteiger partial charge on any atom is -0.384 e. The molecule has 2 heterocycles. The molecule has 0 unspecified atom stereocenters. The van der Waals surface area contributed by atoms with E-state index in [1.807, 2.05) is 10.3 Å². The van der Waals surface area contributed by atoms with Gasteiger partial charge in [-0.05, 0) is 24.8 Å². The molecule has 0 aliphatic carbocycles. The van der Waals surface area contributed by atoms with E-state index in [1.54, 1.807) is 13.2 Å². The van der Waals surface area contributed by atoms with Gasteiger partial charge in [-0.3, -0.25) is 4.79 Å². The molecule has 0 radical (unpaired) electrons. The number of nitrogens with zero attached hydrogens (tertiary/aromatic N) is 1. The summed E-state index contributed by atoms with van der Waals surface area (Å²) in [5.41, 5.74) is 0.697. The van der Waals surface area contributed by atoms with Crippen LogP contribution in [0, 0.1) is 17.8 Å². The number of thiophene rings is 1. The first-order valence-electron chi connectivity index (χ1n) is 6.71. The highest BCUT2D eigenvalue weighted by Gasteiger charge is 2.24. The van der Waals surface area contributed by atoms with Crippen molar-refractivity contribution in [3.8, 4) is 11.8 Å². The van der Waals surface area contributed by atoms with Gasteiger partial charge >= 0.3 is 0 Å². The van der Waals surface area contributed by atoms with E-state index < -0.39 is 0 Å². The Bertz CT molecular complexity index is 507. The van der Waals surface area contributed by atoms with Gasteiger partial charge in [0, 0.05) is 32.2 Å². The zero-order valence-electron chi connectivity index (χ0n) is 11.6. The number of methoxy groups -OCH3 is 1. The molecule has 1 N–H and O–H groups in total. The smallest absolute Gasteiger partial charge is 0.254 e. The summed E-state index contributed by atoms with van der Waals surface area (Å²) in [7, 11) is 1.72. The zero-order valence-corrected chi connectivity index (χ0v) is 12.4. The lowest BCUT2D eigenvalue weighted by Gasteiger charge is -2.31. The quantitative estimate of drug-likeness (QED) is 0.861. The van der Waals surface area contributed by atoms with Gasteiger partial charge in [-0.1, -0.05) is 11.8 Å². The Morgan fingerprint density at radius 3 is 2.95 bits per heavy atom. The van der Waals surface area contributed by atoms with E-state index in [9.17, 15) is 4.79 Å². The number of amides is 1. The van der Waals surface area contributed by atoms with Crippen LogP contribution in [0.15, 0.2) is 11.4 Å². The molecule has 0 aromatic carbocycles. The van der Waals surface area contributed by atoms with Crippen molar-refractivity contribution in [3.05, 3.63) is 21.9 Å². The second-order valence-electron chi connectivity index (χ2n) is 4.85. The second kappa shape index (κ2) is 7.44. The number of piperidine rings is 1. The van der Waals surface area contributed by atoms with Crippen molar-refractivity contribution in [2.45, 2.75) is 12.8 Å². The third-order valence-electron chi connectivity index (χ3n) is 3.44. The highest BCUT2D eigenvalue weighted by Crippen LogP contribution is 2.21. The number of hydrogen-bond acceptors (Lipinski definition) is 4. The molecule has 108 valence electrons. The summed E-state index contributed by atoms with van der Waals surface area (Å²) in [4.78, 5) is 15.1. The molecule has 1 amide bonds. The first-order chi connectivity index (χ1) is 9.74. The van der Waals surface area contributed by atoms with Gasteiger partial charge in [0.25, 0.3) is 5.91 Å². The third-order valence-corrected chi connectivity index (χ3v) is 4.29. The predicted octanol–water partition coefficient (Wildman–Crippen LogP) is 1.59. The average molecular weight is 293 g/mol. The average Bonchev–Trinajstić information content (AvgIpc) is 2.94. The summed E-state index contributed by atoms with van der Waals surface area (Å²) >= 11 is 1.44. The van der Waals surface area contributed by atoms with E-state index in [0.29, 0.717) is 11.5 Å². The minimum absolute atomic E-state index is 0.0779. The number of likely N-dealkylation sites (tertiary alicyclic amines) is 1. The van der Waals surface area contributed by atoms with Crippen LogP contribution in [0.4, 0.5) is 0 Å². The van der Waals surface area contributed by atoms with E-state index >= 15 is 0 Å². The molecule has 5 heteroatoms. The molecule has 0 atom stereocenters. The Hall–Kier alpha value is -1.35. The lowest BCUT2D eigenvalue weighted by molar-refractivity contribution is 0.0614. The van der Waals surface area contributed by atoms with Crippen molar-refractivity contribution in [1.82, 2.24) is 4.90 Å². The molecule has 4 nitrogen and oxygen atoms in total. The predicted molar refractivity (Wildman–Crippen MR) is 78.8 cm³/mol. The number of ether oxygens (including phenoxy) is 1. The summed E-state index contributed by atoms with van der Waals surface area (Å²) in [6.45, 7) is 2.20. The number of aliphatic hydroxyl groups is 1. The van der Waals surface area contributed by atoms with E-state index in [2.05, 4.69) is 11.8 Å². The Morgan fingerprint density at radius 1 is 1.55 bits per heavy atom. The number of aliphatic hydroxyl groups excluding tert-OH is 1. The fourth-order valence-electron chi connectivity index (χ4n) is 2.36. The van der Waals surface area contributed by atoms with Crippen molar-refractivity contribution < 1.29 is 14.6 Å². The topological polar surface area (TPSA) is 49.8 Å². The van der Waals surface area contributed by atoms with E-state index in [-0.39, 0.29) is 12.5 Å². The Balaban J connectivity index is 1.93. The van der Waals surface area contributed by atoms with Crippen LogP contribution in [-0.2, 0) is 4.74 Å². The van der Waals surface area contributed by atoms with Crippen LogP contribution < -0.4 is 0 Å². The molecule has 2 rings (SSSR count). The third kappa shape index (κ3) is 3.83. The maximum absolute atomic E-state index is 12.4. The molecule has 0 saturated carbocycles. The van der Waals surface area contributed by atoms with Gasteiger partial charge in [0.2, 0.25) is 0 Å². The molecular formula is C15H19NO3S. The Kier molecular flexibility index (Phi) is 5.60. The number of hydrogen-bond donors (Lipinski definition) is 1. The summed E-state index contributed by atoms with van der Waals surface area (Å²) in [6, 6.07) is 1.80. The van der Waals surface area contributed by atoms with Crippen LogP contribution in [0.5, 0.6) is 0 Å². The first kappa shape index (κ1) is 15.0. The SMILES string of the molecule is COCC1CCN(C(=O)c2csc(C#CCO)c2)CC1. The molecule has 1 aliphatic rings. The largest absolute Gasteiger partial charge is 0.384 e. The van der Waals surface area contributed by atoms with Gasteiger partial charge in [0.05, 0.1) is 10.4 Å². The fourth-order valence-corrected chi connectivity index (χ4v) is 3.11. The maximum Gasteiger partial charge on any atom is 0.254 e. The normalized spacial score (nSPS) is 15.8. The molecular weight excluding hydrogens is 274 g/mol. The van der Waals surface area contributed by atoms with Crippen molar-refractivity contribution in [3.63, 3.8) is 0 Å². The molecule has 1 saturated heterocycles. The second-order valence-corrected chi connectivity index (χ2v) is 5.76. The van der Waals surface area contributed by atoms with Gasteiger partial charge in [-0.15, -0.1) is 11.3 Å². The Morgan fingerprint density at radius 2 is 2.30 bits per heavy atom. The molecule has 0 spiro atoms. The lowest BCUT2D eigenvalue weighted by atomic mass is 9.97. The van der Waals surface area contributed by atoms with Crippen molar-refractivity contribution in [2.75, 3.05) is 33.4 Å². The van der Waals surface area contributed by atoms with Crippen LogP contribution in [0.1, 0.15) is 28.1 Å². The molecule has 1 aliphatic heterocycles. The summed E-state index contributed by atoms with van der Waals surface area (Å²) in [5, 5.41) is 10.5. The Labute approximate surface area is 123 Å². The molecule has 20 heavy (non-hydrogen) atoms. The molecule has 1 fully saturated rings. The van der Waals surface area contributed by atoms with Gasteiger partial charge in [-0.25, -0.2) is 0 Å². The standard InChI is InChI=1S/C15H19NO3S/c1-19-10-12-4-6-16(7-5-12)15(18)13-9-14(20-11-13)3-2-8-17/h9,11-12,17H,4-8,10H2,1H3. The van der Waals surface area contributed by atoms with Crippen LogP contribution >= 0.6 is 11.3 Å². The van der Waals surface area contributed by atoms with E-state index in [0.717, 1.165) is 37.4 Å². The molecule has 1 aromatic heterocycles. The summed E-state index contributed by atoms with van der Waals surface area (Å²) in [6.07, 6.45) is 2.00. The van der Waals surface area contributed by atoms with Crippen molar-refractivity contribution in [2.24, 2.45) is 5.92 Å². The van der Waals surface area contributed by atoms with E-state index in [1.165, 1.54) is 11.3 Å². The fraction of sp³-hybridized carbons (Fsp3) is 0.533. The van der Waals surface area contributed by atoms with Crippen LogP contribution in [0.25, 0.3) is 0 Å². The summed E-state index contributed by atoms with van der Waals surface area (Å²) in [5.74, 6) is 6.07. The highest BCUT2D eigenvalue weighted by molar-refractivity contribution is 7.10. The van der Waals surface area contributed by atoms with Gasteiger partial charge < -0.3 is 14.7 Å². The molecule has 1 aromatic rings. The van der Waals surface area contributed by atoms with Crippen LogP contribution in [-0.4, -0.2) is 49.3 Å². The minimum atomic E-state index is -0.159. The van der Waals surface area contributed by atoms with Gasteiger partial charge in [0.15, 0.2) is 0 Å². The van der Waals surface area contributed by atoms with Crippen molar-refractivity contribution in [1.29, 1.82) is 0 Å². The van der Waals surface area contributed by atoms with Crippen LogP contribution in [0.2, 0.25) is 0 Å². The number of carbonyl (C=O) groups excluding carboxylic acids is 1. The summed E-state index contributed by atoms with van der Waals surface area (Å²) < 4.78 is 5.17. The van der Waals surface area contributed by atoms with Gasteiger partial charge in [0.1, 0.15) is 6.61 Å². The van der Waals surface area contributed by atoms with E-state index in [4.69, 9.17) is 9.84 Å². The highest BCUT2D eigenvalue weighted by atomic mass is 32.1. The lowest BCUT2D eigenvalue weighted by Crippen LogP contribution is -2.39. The number of rotatable bonds is 3. The zero-order chi connectivity index (χ0) is 14.4. The monoisotopic (exact) mass is 293 g/mol. The van der Waals surface area contributed by atoms with Gasteiger partial charge in [-0.2, -0.15) is 0 Å². The maximum atomic E-state index is 12.4. The number of carbonyl (C=O) groups is 1. The first-order valence-corrected chi connectivity index (χ1v) is 7.59.